The lowest BCUT2D eigenvalue weighted by Gasteiger charge is -2.35. The molecule has 7 heteroatoms. The van der Waals surface area contributed by atoms with Gasteiger partial charge in [-0.05, 0) is 42.9 Å². The van der Waals surface area contributed by atoms with Crippen molar-refractivity contribution in [2.24, 2.45) is 11.8 Å². The summed E-state index contributed by atoms with van der Waals surface area (Å²) in [5.74, 6) is 0.924. The summed E-state index contributed by atoms with van der Waals surface area (Å²) >= 11 is 0. The number of amides is 1. The van der Waals surface area contributed by atoms with Crippen LogP contribution >= 0.6 is 0 Å². The number of rotatable bonds is 5. The van der Waals surface area contributed by atoms with Crippen molar-refractivity contribution in [3.8, 4) is 0 Å². The van der Waals surface area contributed by atoms with Gasteiger partial charge in [-0.1, -0.05) is 19.9 Å². The van der Waals surface area contributed by atoms with Crippen LogP contribution in [0.4, 0.5) is 0 Å². The minimum absolute atomic E-state index is 0.0210. The highest BCUT2D eigenvalue weighted by molar-refractivity contribution is 5.98. The zero-order chi connectivity index (χ0) is 20.5. The Morgan fingerprint density at radius 3 is 2.72 bits per heavy atom. The van der Waals surface area contributed by atoms with Crippen LogP contribution in [0, 0.1) is 11.8 Å². The van der Waals surface area contributed by atoms with Crippen LogP contribution in [0.25, 0.3) is 16.7 Å². The Hall–Kier alpha value is -2.67. The van der Waals surface area contributed by atoms with E-state index in [1.165, 1.54) is 4.40 Å². The molecule has 29 heavy (non-hydrogen) atoms. The first-order valence-corrected chi connectivity index (χ1v) is 10.3. The normalized spacial score (nSPS) is 19.9. The summed E-state index contributed by atoms with van der Waals surface area (Å²) in [4.78, 5) is 33.1. The molecule has 1 fully saturated rings. The maximum Gasteiger partial charge on any atom is 0.270 e. The van der Waals surface area contributed by atoms with Gasteiger partial charge in [0.2, 0.25) is 0 Å². The van der Waals surface area contributed by atoms with Crippen molar-refractivity contribution in [3.63, 3.8) is 0 Å². The van der Waals surface area contributed by atoms with Crippen molar-refractivity contribution in [1.82, 2.24) is 18.9 Å². The molecule has 0 bridgehead atoms. The number of ether oxygens (including phenoxy) is 1. The van der Waals surface area contributed by atoms with E-state index in [0.29, 0.717) is 47.4 Å². The number of piperidine rings is 1. The predicted octanol–water partition coefficient (Wildman–Crippen LogP) is 2.80. The van der Waals surface area contributed by atoms with Gasteiger partial charge in [-0.2, -0.15) is 0 Å². The first-order valence-electron chi connectivity index (χ1n) is 10.3. The number of aryl methyl sites for hydroxylation is 1. The van der Waals surface area contributed by atoms with Crippen LogP contribution in [-0.4, -0.2) is 51.6 Å². The highest BCUT2D eigenvalue weighted by Gasteiger charge is 2.29. The maximum atomic E-state index is 13.5. The van der Waals surface area contributed by atoms with E-state index in [9.17, 15) is 9.59 Å². The lowest BCUT2D eigenvalue weighted by atomic mass is 9.92. The molecular weight excluding hydrogens is 368 g/mol. The van der Waals surface area contributed by atoms with E-state index < -0.39 is 0 Å². The number of methoxy groups -OCH3 is 1. The number of nitrogens with zero attached hydrogens (tertiary/aromatic N) is 4. The molecule has 7 nitrogen and oxygen atoms in total. The quantitative estimate of drug-likeness (QED) is 0.622. The summed E-state index contributed by atoms with van der Waals surface area (Å²) in [5, 5.41) is 0.479. The van der Waals surface area contributed by atoms with Gasteiger partial charge in [0, 0.05) is 39.5 Å². The molecule has 0 radical (unpaired) electrons. The number of pyridine rings is 1. The van der Waals surface area contributed by atoms with E-state index in [4.69, 9.17) is 9.72 Å². The Kier molecular flexibility index (Phi) is 5.41. The topological polar surface area (TPSA) is 68.8 Å². The van der Waals surface area contributed by atoms with Gasteiger partial charge < -0.3 is 14.2 Å². The van der Waals surface area contributed by atoms with Gasteiger partial charge in [0.15, 0.2) is 0 Å². The molecule has 2 atom stereocenters. The second-order valence-electron chi connectivity index (χ2n) is 8.27. The van der Waals surface area contributed by atoms with E-state index in [0.717, 1.165) is 25.9 Å². The minimum atomic E-state index is -0.148. The Morgan fingerprint density at radius 2 is 2.00 bits per heavy atom. The molecule has 0 aliphatic carbocycles. The van der Waals surface area contributed by atoms with Crippen LogP contribution in [0.15, 0.2) is 35.3 Å². The molecule has 3 aromatic rings. The van der Waals surface area contributed by atoms with Crippen LogP contribution in [0.1, 0.15) is 37.2 Å². The molecule has 0 aromatic carbocycles. The van der Waals surface area contributed by atoms with Crippen molar-refractivity contribution >= 4 is 22.6 Å². The largest absolute Gasteiger partial charge is 0.385 e. The van der Waals surface area contributed by atoms with Crippen LogP contribution in [0.5, 0.6) is 0 Å². The third-order valence-corrected chi connectivity index (χ3v) is 5.68. The summed E-state index contributed by atoms with van der Waals surface area (Å²) in [6.07, 6.45) is 3.58. The van der Waals surface area contributed by atoms with E-state index in [1.807, 2.05) is 21.6 Å². The lowest BCUT2D eigenvalue weighted by molar-refractivity contribution is 0.0612. The Labute approximate surface area is 169 Å². The second kappa shape index (κ2) is 7.99. The molecule has 1 amide bonds. The van der Waals surface area contributed by atoms with E-state index >= 15 is 0 Å². The molecule has 1 saturated heterocycles. The third-order valence-electron chi connectivity index (χ3n) is 5.68. The van der Waals surface area contributed by atoms with E-state index in [2.05, 4.69) is 13.8 Å². The summed E-state index contributed by atoms with van der Waals surface area (Å²) in [6.45, 7) is 7.02. The van der Waals surface area contributed by atoms with Gasteiger partial charge in [0.05, 0.1) is 5.39 Å². The monoisotopic (exact) mass is 396 g/mol. The van der Waals surface area contributed by atoms with Crippen LogP contribution in [-0.2, 0) is 11.3 Å². The second-order valence-corrected chi connectivity index (χ2v) is 8.27. The number of hydrogen-bond acceptors (Lipinski definition) is 4. The van der Waals surface area contributed by atoms with Gasteiger partial charge in [0.25, 0.3) is 11.5 Å². The molecule has 0 N–H and O–H groups in total. The fourth-order valence-corrected chi connectivity index (χ4v) is 4.51. The highest BCUT2D eigenvalue weighted by Crippen LogP contribution is 2.25. The Bertz CT molecular complexity index is 1090. The first-order chi connectivity index (χ1) is 14.0. The third kappa shape index (κ3) is 3.67. The molecule has 4 heterocycles. The molecule has 1 aliphatic rings. The van der Waals surface area contributed by atoms with E-state index in [1.54, 1.807) is 25.4 Å². The van der Waals surface area contributed by atoms with Crippen LogP contribution < -0.4 is 5.56 Å². The average molecular weight is 396 g/mol. The van der Waals surface area contributed by atoms with Crippen molar-refractivity contribution in [1.29, 1.82) is 0 Å². The Morgan fingerprint density at radius 1 is 1.24 bits per heavy atom. The van der Waals surface area contributed by atoms with Gasteiger partial charge in [0.1, 0.15) is 17.0 Å². The Balaban J connectivity index is 1.84. The molecule has 154 valence electrons. The number of fused-ring (bicyclic) bond motifs is 2. The van der Waals surface area contributed by atoms with Gasteiger partial charge in [-0.25, -0.2) is 4.98 Å². The molecule has 0 unspecified atom stereocenters. The van der Waals surface area contributed by atoms with Crippen molar-refractivity contribution in [3.05, 3.63) is 46.5 Å². The fraction of sp³-hybridized carbons (Fsp3) is 0.500. The molecule has 0 saturated carbocycles. The summed E-state index contributed by atoms with van der Waals surface area (Å²) in [7, 11) is 1.66. The minimum Gasteiger partial charge on any atom is -0.385 e. The van der Waals surface area contributed by atoms with Gasteiger partial charge in [-0.3, -0.25) is 14.0 Å². The maximum absolute atomic E-state index is 13.5. The standard InChI is InChI=1S/C22H28N4O3/c1-15-11-16(2)14-24(13-15)22(28)18-12-17-20(25(18)9-6-10-29-3)23-19-7-4-5-8-26(19)21(17)27/h4-5,7-8,12,15-16H,6,9-11,13-14H2,1-3H3/t15-,16-/m1/s1. The zero-order valence-electron chi connectivity index (χ0n) is 17.3. The molecule has 3 aromatic heterocycles. The first kappa shape index (κ1) is 19.6. The zero-order valence-corrected chi connectivity index (χ0v) is 17.3. The van der Waals surface area contributed by atoms with E-state index in [-0.39, 0.29) is 11.5 Å². The number of carbonyl (C=O) groups is 1. The molecule has 4 rings (SSSR count). The SMILES string of the molecule is COCCCn1c(C(=O)N2C[C@H](C)C[C@@H](C)C2)cc2c(=O)n3ccccc3nc21. The number of carbonyl (C=O) groups excluding carboxylic acids is 1. The summed E-state index contributed by atoms with van der Waals surface area (Å²) in [6, 6.07) is 7.19. The highest BCUT2D eigenvalue weighted by atomic mass is 16.5. The van der Waals surface area contributed by atoms with Crippen molar-refractivity contribution in [2.75, 3.05) is 26.8 Å². The number of likely N-dealkylation sites (tertiary alicyclic amines) is 1. The van der Waals surface area contributed by atoms with Gasteiger partial charge >= 0.3 is 0 Å². The summed E-state index contributed by atoms with van der Waals surface area (Å²) in [5.41, 5.74) is 1.54. The number of hydrogen-bond donors (Lipinski definition) is 0. The number of aromatic nitrogens is 3. The fourth-order valence-electron chi connectivity index (χ4n) is 4.51. The smallest absolute Gasteiger partial charge is 0.270 e. The van der Waals surface area contributed by atoms with Gasteiger partial charge in [-0.15, -0.1) is 0 Å². The van der Waals surface area contributed by atoms with Crippen molar-refractivity contribution < 1.29 is 9.53 Å². The van der Waals surface area contributed by atoms with Crippen molar-refractivity contribution in [2.45, 2.75) is 33.2 Å². The molecule has 0 spiro atoms. The van der Waals surface area contributed by atoms with Crippen LogP contribution in [0.2, 0.25) is 0 Å². The van der Waals surface area contributed by atoms with Crippen LogP contribution in [0.3, 0.4) is 0 Å². The average Bonchev–Trinajstić information content (AvgIpc) is 3.06. The molecular formula is C22H28N4O3. The lowest BCUT2D eigenvalue weighted by Crippen LogP contribution is -2.43. The molecule has 1 aliphatic heterocycles. The predicted molar refractivity (Wildman–Crippen MR) is 112 cm³/mol. The summed E-state index contributed by atoms with van der Waals surface area (Å²) < 4.78 is 8.62.